The Morgan fingerprint density at radius 1 is 0.913 bits per heavy atom. The Hall–Kier alpha value is -2.09. The summed E-state index contributed by atoms with van der Waals surface area (Å²) < 4.78 is 16.7. The number of hydrogen-bond acceptors (Lipinski definition) is 4. The van der Waals surface area contributed by atoms with Crippen molar-refractivity contribution in [3.63, 3.8) is 0 Å². The molecule has 0 amide bonds. The lowest BCUT2D eigenvalue weighted by Crippen LogP contribution is -2.10. The highest BCUT2D eigenvalue weighted by Gasteiger charge is 2.07. The number of ether oxygens (including phenoxy) is 3. The van der Waals surface area contributed by atoms with Crippen LogP contribution in [0.15, 0.2) is 36.4 Å². The van der Waals surface area contributed by atoms with Crippen molar-refractivity contribution in [1.82, 2.24) is 0 Å². The molecule has 2 rings (SSSR count). The van der Waals surface area contributed by atoms with Gasteiger partial charge in [0.1, 0.15) is 19.0 Å². The molecule has 0 N–H and O–H groups in total. The lowest BCUT2D eigenvalue weighted by Gasteiger charge is -2.13. The van der Waals surface area contributed by atoms with Crippen molar-refractivity contribution in [2.75, 3.05) is 19.8 Å². The molecule has 0 heterocycles. The van der Waals surface area contributed by atoms with Gasteiger partial charge in [-0.1, -0.05) is 23.2 Å². The van der Waals surface area contributed by atoms with Gasteiger partial charge in [0.2, 0.25) is 0 Å². The predicted octanol–water partition coefficient (Wildman–Crippen LogP) is 4.72. The summed E-state index contributed by atoms with van der Waals surface area (Å²) in [5.74, 6) is 1.60. The van der Waals surface area contributed by atoms with Crippen LogP contribution < -0.4 is 14.2 Å². The molecule has 0 unspecified atom stereocenters. The third kappa shape index (κ3) is 4.95. The quantitative estimate of drug-likeness (QED) is 0.677. The van der Waals surface area contributed by atoms with Crippen LogP contribution in [0.1, 0.15) is 12.5 Å². The number of rotatable bonds is 7. The molecular weight excluding hydrogens is 337 g/mol. The molecule has 120 valence electrons. The summed E-state index contributed by atoms with van der Waals surface area (Å²) in [6, 6.07) is 12.1. The SMILES string of the molecule is CCOc1cc(C#N)ccc1OCCOc1cc(Cl)ccc1Cl. The van der Waals surface area contributed by atoms with E-state index in [4.69, 9.17) is 42.7 Å². The molecule has 0 aliphatic heterocycles. The van der Waals surface area contributed by atoms with Crippen molar-refractivity contribution in [3.05, 3.63) is 52.0 Å². The molecule has 0 spiro atoms. The minimum atomic E-state index is 0.297. The summed E-state index contributed by atoms with van der Waals surface area (Å²) in [6.45, 7) is 2.95. The third-order valence-corrected chi connectivity index (χ3v) is 3.41. The van der Waals surface area contributed by atoms with Gasteiger partial charge < -0.3 is 14.2 Å². The highest BCUT2D eigenvalue weighted by Crippen LogP contribution is 2.29. The van der Waals surface area contributed by atoms with Crippen LogP contribution in [0.5, 0.6) is 17.2 Å². The lowest BCUT2D eigenvalue weighted by atomic mass is 10.2. The molecule has 0 aromatic heterocycles. The number of nitriles is 1. The first-order valence-corrected chi connectivity index (χ1v) is 7.77. The number of halogens is 2. The highest BCUT2D eigenvalue weighted by atomic mass is 35.5. The van der Waals surface area contributed by atoms with Crippen LogP contribution in [-0.4, -0.2) is 19.8 Å². The number of nitrogens with zero attached hydrogens (tertiary/aromatic N) is 1. The van der Waals surface area contributed by atoms with E-state index < -0.39 is 0 Å². The maximum atomic E-state index is 8.92. The molecule has 2 aromatic rings. The second-order valence-electron chi connectivity index (χ2n) is 4.48. The van der Waals surface area contributed by atoms with Crippen molar-refractivity contribution in [2.24, 2.45) is 0 Å². The molecule has 23 heavy (non-hydrogen) atoms. The summed E-state index contributed by atoms with van der Waals surface area (Å²) in [4.78, 5) is 0. The molecule has 0 aliphatic rings. The van der Waals surface area contributed by atoms with E-state index in [0.717, 1.165) is 0 Å². The number of benzene rings is 2. The van der Waals surface area contributed by atoms with Crippen LogP contribution >= 0.6 is 23.2 Å². The van der Waals surface area contributed by atoms with Crippen LogP contribution in [0, 0.1) is 11.3 Å². The van der Waals surface area contributed by atoms with E-state index >= 15 is 0 Å². The van der Waals surface area contributed by atoms with Crippen LogP contribution in [0.3, 0.4) is 0 Å². The van der Waals surface area contributed by atoms with Gasteiger partial charge in [0.25, 0.3) is 0 Å². The average Bonchev–Trinajstić information content (AvgIpc) is 2.55. The Labute approximate surface area is 145 Å². The molecule has 2 aromatic carbocycles. The first-order valence-electron chi connectivity index (χ1n) is 7.01. The van der Waals surface area contributed by atoms with Crippen LogP contribution in [-0.2, 0) is 0 Å². The standard InChI is InChI=1S/C17H15Cl2NO3/c1-2-21-17-9-12(11-20)3-6-15(17)22-7-8-23-16-10-13(18)4-5-14(16)19/h3-6,9-10H,2,7-8H2,1H3. The molecule has 6 heteroatoms. The fourth-order valence-corrected chi connectivity index (χ4v) is 2.19. The van der Waals surface area contributed by atoms with E-state index in [1.54, 1.807) is 36.4 Å². The number of hydrogen-bond donors (Lipinski definition) is 0. The Morgan fingerprint density at radius 2 is 1.65 bits per heavy atom. The van der Waals surface area contributed by atoms with Crippen LogP contribution in [0.2, 0.25) is 10.0 Å². The van der Waals surface area contributed by atoms with Gasteiger partial charge in [0.15, 0.2) is 11.5 Å². The van der Waals surface area contributed by atoms with E-state index in [0.29, 0.717) is 52.7 Å². The van der Waals surface area contributed by atoms with Gasteiger partial charge in [-0.05, 0) is 31.2 Å². The molecule has 0 saturated carbocycles. The minimum absolute atomic E-state index is 0.297. The lowest BCUT2D eigenvalue weighted by molar-refractivity contribution is 0.208. The average molecular weight is 352 g/mol. The van der Waals surface area contributed by atoms with E-state index in [1.165, 1.54) is 0 Å². The minimum Gasteiger partial charge on any atom is -0.490 e. The Balaban J connectivity index is 1.93. The van der Waals surface area contributed by atoms with E-state index in [-0.39, 0.29) is 0 Å². The molecule has 0 aliphatic carbocycles. The summed E-state index contributed by atoms with van der Waals surface area (Å²) in [5, 5.41) is 9.96. The summed E-state index contributed by atoms with van der Waals surface area (Å²) in [7, 11) is 0. The Bertz CT molecular complexity index is 713. The molecular formula is C17H15Cl2NO3. The van der Waals surface area contributed by atoms with E-state index in [1.807, 2.05) is 6.92 Å². The molecule has 0 atom stereocenters. The van der Waals surface area contributed by atoms with Crippen molar-refractivity contribution in [1.29, 1.82) is 5.26 Å². The fraction of sp³-hybridized carbons (Fsp3) is 0.235. The van der Waals surface area contributed by atoms with Crippen molar-refractivity contribution in [2.45, 2.75) is 6.92 Å². The third-order valence-electron chi connectivity index (χ3n) is 2.86. The normalized spacial score (nSPS) is 10.0. The van der Waals surface area contributed by atoms with Gasteiger partial charge in [0, 0.05) is 17.2 Å². The maximum Gasteiger partial charge on any atom is 0.162 e. The van der Waals surface area contributed by atoms with Gasteiger partial charge in [-0.3, -0.25) is 0 Å². The van der Waals surface area contributed by atoms with E-state index in [2.05, 4.69) is 6.07 Å². The second kappa shape index (κ2) is 8.52. The maximum absolute atomic E-state index is 8.92. The van der Waals surface area contributed by atoms with Gasteiger partial charge >= 0.3 is 0 Å². The highest BCUT2D eigenvalue weighted by molar-refractivity contribution is 6.34. The predicted molar refractivity (Wildman–Crippen MR) is 89.8 cm³/mol. The zero-order valence-electron chi connectivity index (χ0n) is 12.5. The van der Waals surface area contributed by atoms with Gasteiger partial charge in [-0.25, -0.2) is 0 Å². The molecule has 0 saturated heterocycles. The fourth-order valence-electron chi connectivity index (χ4n) is 1.86. The zero-order valence-corrected chi connectivity index (χ0v) is 14.0. The van der Waals surface area contributed by atoms with Crippen molar-refractivity contribution in [3.8, 4) is 23.3 Å². The van der Waals surface area contributed by atoms with Crippen molar-refractivity contribution >= 4 is 23.2 Å². The Morgan fingerprint density at radius 3 is 2.35 bits per heavy atom. The molecule has 0 fully saturated rings. The molecule has 0 radical (unpaired) electrons. The second-order valence-corrected chi connectivity index (χ2v) is 5.32. The monoisotopic (exact) mass is 351 g/mol. The summed E-state index contributed by atoms with van der Waals surface area (Å²) in [5.41, 5.74) is 0.516. The first kappa shape index (κ1) is 17.3. The van der Waals surface area contributed by atoms with Gasteiger partial charge in [0.05, 0.1) is 23.3 Å². The molecule has 0 bridgehead atoms. The summed E-state index contributed by atoms with van der Waals surface area (Å²) in [6.07, 6.45) is 0. The van der Waals surface area contributed by atoms with Gasteiger partial charge in [-0.15, -0.1) is 0 Å². The van der Waals surface area contributed by atoms with Crippen LogP contribution in [0.4, 0.5) is 0 Å². The van der Waals surface area contributed by atoms with Gasteiger partial charge in [-0.2, -0.15) is 5.26 Å². The zero-order chi connectivity index (χ0) is 16.7. The topological polar surface area (TPSA) is 51.5 Å². The Kier molecular flexibility index (Phi) is 6.40. The largest absolute Gasteiger partial charge is 0.490 e. The van der Waals surface area contributed by atoms with Crippen molar-refractivity contribution < 1.29 is 14.2 Å². The first-order chi connectivity index (χ1) is 11.1. The smallest absolute Gasteiger partial charge is 0.162 e. The molecule has 4 nitrogen and oxygen atoms in total. The van der Waals surface area contributed by atoms with Crippen LogP contribution in [0.25, 0.3) is 0 Å². The summed E-state index contributed by atoms with van der Waals surface area (Å²) >= 11 is 11.9. The van der Waals surface area contributed by atoms with E-state index in [9.17, 15) is 0 Å².